The summed E-state index contributed by atoms with van der Waals surface area (Å²) in [6.45, 7) is 3.72. The van der Waals surface area contributed by atoms with Crippen molar-refractivity contribution in [3.8, 4) is 0 Å². The van der Waals surface area contributed by atoms with Crippen LogP contribution in [0.1, 0.15) is 29.4 Å². The van der Waals surface area contributed by atoms with Gasteiger partial charge in [0.2, 0.25) is 0 Å². The number of hydrogen-bond acceptors (Lipinski definition) is 5. The highest BCUT2D eigenvalue weighted by atomic mass is 32.2. The van der Waals surface area contributed by atoms with Gasteiger partial charge in [0.1, 0.15) is 11.6 Å². The Bertz CT molecular complexity index is 502. The van der Waals surface area contributed by atoms with Crippen molar-refractivity contribution in [1.29, 1.82) is 0 Å². The molecule has 1 aromatic heterocycles. The van der Waals surface area contributed by atoms with E-state index in [1.54, 1.807) is 0 Å². The first-order chi connectivity index (χ1) is 7.39. The fourth-order valence-corrected chi connectivity index (χ4v) is 3.59. The van der Waals surface area contributed by atoms with Gasteiger partial charge in [-0.1, -0.05) is 0 Å². The van der Waals surface area contributed by atoms with E-state index in [-0.39, 0.29) is 17.4 Å². The Balaban J connectivity index is 2.36. The first kappa shape index (κ1) is 11.3. The van der Waals surface area contributed by atoms with Gasteiger partial charge in [-0.3, -0.25) is 0 Å². The van der Waals surface area contributed by atoms with Gasteiger partial charge in [-0.25, -0.2) is 18.4 Å². The van der Waals surface area contributed by atoms with Crippen LogP contribution in [0.4, 0.5) is 5.82 Å². The number of nitrogens with two attached hydrogens (primary N) is 1. The van der Waals surface area contributed by atoms with E-state index in [4.69, 9.17) is 5.73 Å². The Morgan fingerprint density at radius 2 is 2.00 bits per heavy atom. The van der Waals surface area contributed by atoms with Crippen LogP contribution in [0.15, 0.2) is 0 Å². The second-order valence-electron chi connectivity index (χ2n) is 4.28. The molecule has 1 unspecified atom stereocenters. The lowest BCUT2D eigenvalue weighted by molar-refractivity contribution is 0.601. The number of nitrogens with zero attached hydrogens (tertiary/aromatic N) is 2. The van der Waals surface area contributed by atoms with Gasteiger partial charge in [-0.05, 0) is 20.3 Å². The quantitative estimate of drug-likeness (QED) is 0.777. The Morgan fingerprint density at radius 1 is 1.31 bits per heavy atom. The molecule has 1 aromatic rings. The van der Waals surface area contributed by atoms with Gasteiger partial charge >= 0.3 is 0 Å². The van der Waals surface area contributed by atoms with E-state index in [1.165, 1.54) is 0 Å². The molecule has 88 valence electrons. The zero-order valence-electron chi connectivity index (χ0n) is 9.40. The molecule has 1 saturated heterocycles. The summed E-state index contributed by atoms with van der Waals surface area (Å²) in [5, 5.41) is 0. The molecule has 1 fully saturated rings. The van der Waals surface area contributed by atoms with Crippen LogP contribution in [0.5, 0.6) is 0 Å². The Morgan fingerprint density at radius 3 is 2.50 bits per heavy atom. The maximum Gasteiger partial charge on any atom is 0.151 e. The molecule has 0 aromatic carbocycles. The van der Waals surface area contributed by atoms with Crippen LogP contribution < -0.4 is 5.73 Å². The van der Waals surface area contributed by atoms with E-state index in [0.29, 0.717) is 18.1 Å². The van der Waals surface area contributed by atoms with Gasteiger partial charge in [-0.2, -0.15) is 0 Å². The van der Waals surface area contributed by atoms with Crippen LogP contribution in [-0.4, -0.2) is 29.9 Å². The van der Waals surface area contributed by atoms with E-state index in [9.17, 15) is 8.42 Å². The maximum absolute atomic E-state index is 11.4. The van der Waals surface area contributed by atoms with Crippen LogP contribution in [0, 0.1) is 13.8 Å². The molecule has 0 radical (unpaired) electrons. The second-order valence-corrected chi connectivity index (χ2v) is 6.51. The zero-order chi connectivity index (χ0) is 11.9. The van der Waals surface area contributed by atoms with Gasteiger partial charge in [0.15, 0.2) is 9.84 Å². The van der Waals surface area contributed by atoms with Gasteiger partial charge in [0.25, 0.3) is 0 Å². The third kappa shape index (κ3) is 2.02. The van der Waals surface area contributed by atoms with Crippen LogP contribution in [0.2, 0.25) is 0 Å². The van der Waals surface area contributed by atoms with E-state index in [2.05, 4.69) is 9.97 Å². The highest BCUT2D eigenvalue weighted by Gasteiger charge is 2.31. The minimum atomic E-state index is -2.90. The summed E-state index contributed by atoms with van der Waals surface area (Å²) in [6, 6.07) is 0. The molecule has 0 bridgehead atoms. The van der Waals surface area contributed by atoms with Crippen LogP contribution in [0.3, 0.4) is 0 Å². The van der Waals surface area contributed by atoms with Crippen molar-refractivity contribution in [2.24, 2.45) is 0 Å². The smallest absolute Gasteiger partial charge is 0.151 e. The Labute approximate surface area is 95.0 Å². The van der Waals surface area contributed by atoms with E-state index < -0.39 is 9.84 Å². The molecule has 1 atom stereocenters. The molecule has 1 aliphatic heterocycles. The lowest BCUT2D eigenvalue weighted by Gasteiger charge is -2.10. The third-order valence-electron chi connectivity index (χ3n) is 3.04. The number of aromatic nitrogens is 2. The van der Waals surface area contributed by atoms with Gasteiger partial charge in [0.05, 0.1) is 11.5 Å². The monoisotopic (exact) mass is 241 g/mol. The minimum Gasteiger partial charge on any atom is -0.383 e. The molecule has 1 aliphatic rings. The summed E-state index contributed by atoms with van der Waals surface area (Å²) in [5.74, 6) is 1.31. The average Bonchev–Trinajstić information content (AvgIpc) is 2.54. The summed E-state index contributed by atoms with van der Waals surface area (Å²) in [7, 11) is -2.90. The number of hydrogen-bond donors (Lipinski definition) is 1. The van der Waals surface area contributed by atoms with Crippen molar-refractivity contribution < 1.29 is 8.42 Å². The summed E-state index contributed by atoms with van der Waals surface area (Å²) < 4.78 is 22.7. The molecular weight excluding hydrogens is 226 g/mol. The molecule has 6 heteroatoms. The molecule has 0 aliphatic carbocycles. The van der Waals surface area contributed by atoms with E-state index >= 15 is 0 Å². The average molecular weight is 241 g/mol. The standard InChI is InChI=1S/C10H15N3O2S/c1-6-7(2)12-10(13-9(6)11)8-3-4-16(14,15)5-8/h8H,3-5H2,1-2H3,(H2,11,12,13). The van der Waals surface area contributed by atoms with E-state index in [0.717, 1.165) is 11.3 Å². The fraction of sp³-hybridized carbons (Fsp3) is 0.600. The second kappa shape index (κ2) is 3.69. The largest absolute Gasteiger partial charge is 0.383 e. The molecule has 0 saturated carbocycles. The van der Waals surface area contributed by atoms with Crippen LogP contribution >= 0.6 is 0 Å². The predicted octanol–water partition coefficient (Wildman–Crippen LogP) is 0.578. The normalized spacial score (nSPS) is 23.5. The minimum absolute atomic E-state index is 0.0911. The highest BCUT2D eigenvalue weighted by molar-refractivity contribution is 7.91. The third-order valence-corrected chi connectivity index (χ3v) is 4.81. The summed E-state index contributed by atoms with van der Waals surface area (Å²) >= 11 is 0. The van der Waals surface area contributed by atoms with Crippen molar-refractivity contribution >= 4 is 15.7 Å². The number of rotatable bonds is 1. The van der Waals surface area contributed by atoms with Crippen molar-refractivity contribution in [2.75, 3.05) is 17.2 Å². The molecule has 2 N–H and O–H groups in total. The van der Waals surface area contributed by atoms with E-state index in [1.807, 2.05) is 13.8 Å². The number of nitrogen functional groups attached to an aromatic ring is 1. The zero-order valence-corrected chi connectivity index (χ0v) is 10.2. The van der Waals surface area contributed by atoms with Crippen molar-refractivity contribution in [3.63, 3.8) is 0 Å². The van der Waals surface area contributed by atoms with Crippen molar-refractivity contribution in [3.05, 3.63) is 17.1 Å². The van der Waals surface area contributed by atoms with Gasteiger partial charge in [-0.15, -0.1) is 0 Å². The highest BCUT2D eigenvalue weighted by Crippen LogP contribution is 2.27. The first-order valence-electron chi connectivity index (χ1n) is 5.20. The fourth-order valence-electron chi connectivity index (χ4n) is 1.85. The first-order valence-corrected chi connectivity index (χ1v) is 7.02. The number of sulfone groups is 1. The lowest BCUT2D eigenvalue weighted by atomic mass is 10.1. The maximum atomic E-state index is 11.4. The number of aryl methyl sites for hydroxylation is 1. The Hall–Kier alpha value is -1.17. The molecular formula is C10H15N3O2S. The summed E-state index contributed by atoms with van der Waals surface area (Å²) in [6.07, 6.45) is 0.601. The van der Waals surface area contributed by atoms with Gasteiger partial charge < -0.3 is 5.73 Å². The SMILES string of the molecule is Cc1nc(C2CCS(=O)(=O)C2)nc(N)c1C. The lowest BCUT2D eigenvalue weighted by Crippen LogP contribution is -2.11. The molecule has 2 heterocycles. The topological polar surface area (TPSA) is 85.9 Å². The van der Waals surface area contributed by atoms with Gasteiger partial charge in [0, 0.05) is 17.2 Å². The Kier molecular flexibility index (Phi) is 2.61. The van der Waals surface area contributed by atoms with Crippen molar-refractivity contribution in [1.82, 2.24) is 9.97 Å². The van der Waals surface area contributed by atoms with Crippen LogP contribution in [-0.2, 0) is 9.84 Å². The molecule has 0 amide bonds. The molecule has 16 heavy (non-hydrogen) atoms. The molecule has 0 spiro atoms. The predicted molar refractivity (Wildman–Crippen MR) is 61.9 cm³/mol. The summed E-state index contributed by atoms with van der Waals surface area (Å²) in [4.78, 5) is 8.51. The summed E-state index contributed by atoms with van der Waals surface area (Å²) in [5.41, 5.74) is 7.45. The number of anilines is 1. The molecule has 2 rings (SSSR count). The van der Waals surface area contributed by atoms with Crippen LogP contribution in [0.25, 0.3) is 0 Å². The molecule has 5 nitrogen and oxygen atoms in total. The van der Waals surface area contributed by atoms with Crippen molar-refractivity contribution in [2.45, 2.75) is 26.2 Å².